The van der Waals surface area contributed by atoms with Crippen molar-refractivity contribution >= 4 is 12.0 Å². The van der Waals surface area contributed by atoms with Crippen LogP contribution in [-0.2, 0) is 28.7 Å². The van der Waals surface area contributed by atoms with E-state index in [1.165, 1.54) is 13.2 Å². The molecule has 2 N–H and O–H groups in total. The first-order valence-corrected chi connectivity index (χ1v) is 12.5. The van der Waals surface area contributed by atoms with Crippen LogP contribution in [0.3, 0.4) is 0 Å². The zero-order valence-corrected chi connectivity index (χ0v) is 22.1. The zero-order chi connectivity index (χ0) is 29.4. The number of benzene rings is 3. The molecule has 11 heteroatoms. The topological polar surface area (TPSA) is 76.7 Å². The molecular formula is C29H29F5N2O4. The van der Waals surface area contributed by atoms with Crippen LogP contribution in [0.25, 0.3) is 11.1 Å². The molecule has 40 heavy (non-hydrogen) atoms. The molecule has 0 aromatic heterocycles. The molecule has 0 aliphatic heterocycles. The lowest BCUT2D eigenvalue weighted by Gasteiger charge is -2.24. The van der Waals surface area contributed by atoms with Crippen molar-refractivity contribution in [2.75, 3.05) is 13.7 Å². The summed E-state index contributed by atoms with van der Waals surface area (Å²) in [5.74, 6) is -1.73. The monoisotopic (exact) mass is 564 g/mol. The van der Waals surface area contributed by atoms with Gasteiger partial charge in [-0.1, -0.05) is 19.1 Å². The Balaban J connectivity index is 1.98. The third-order valence-electron chi connectivity index (χ3n) is 6.05. The summed E-state index contributed by atoms with van der Waals surface area (Å²) >= 11 is 0. The van der Waals surface area contributed by atoms with Crippen LogP contribution in [-0.4, -0.2) is 25.7 Å². The molecule has 3 rings (SSSR count). The second kappa shape index (κ2) is 13.3. The lowest BCUT2D eigenvalue weighted by Crippen LogP contribution is -2.37. The zero-order valence-electron chi connectivity index (χ0n) is 22.1. The Hall–Kier alpha value is -4.15. The van der Waals surface area contributed by atoms with Crippen molar-refractivity contribution < 1.29 is 41.0 Å². The Bertz CT molecular complexity index is 1340. The Morgan fingerprint density at radius 1 is 0.900 bits per heavy atom. The molecule has 0 aliphatic rings. The van der Waals surface area contributed by atoms with Crippen LogP contribution in [0.15, 0.2) is 54.6 Å². The van der Waals surface area contributed by atoms with Crippen molar-refractivity contribution in [1.82, 2.24) is 10.6 Å². The van der Waals surface area contributed by atoms with Gasteiger partial charge in [0.15, 0.2) is 0 Å². The minimum Gasteiger partial charge on any atom is -0.496 e. The fourth-order valence-electron chi connectivity index (χ4n) is 4.23. The maximum Gasteiger partial charge on any atom is 0.416 e. The highest BCUT2D eigenvalue weighted by atomic mass is 19.4. The fourth-order valence-corrected chi connectivity index (χ4v) is 4.23. The number of amides is 2. The number of urea groups is 1. The highest BCUT2D eigenvalue weighted by Crippen LogP contribution is 2.40. The number of esters is 1. The summed E-state index contributed by atoms with van der Waals surface area (Å²) in [7, 11) is 1.41. The predicted octanol–water partition coefficient (Wildman–Crippen LogP) is 6.72. The van der Waals surface area contributed by atoms with E-state index in [0.29, 0.717) is 28.5 Å². The summed E-state index contributed by atoms with van der Waals surface area (Å²) in [5.41, 5.74) is 0.753. The van der Waals surface area contributed by atoms with Gasteiger partial charge in [-0.15, -0.1) is 0 Å². The first-order valence-electron chi connectivity index (χ1n) is 12.5. The maximum atomic E-state index is 13.7. The molecular weight excluding hydrogens is 535 g/mol. The van der Waals surface area contributed by atoms with Crippen LogP contribution in [0.4, 0.5) is 26.7 Å². The Morgan fingerprint density at radius 3 is 2.20 bits per heavy atom. The molecule has 1 unspecified atom stereocenters. The minimum absolute atomic E-state index is 0.0562. The standard InChI is InChI=1S/C29H29F5N2O4/c1-4-25(36-28(38)35-16-18-10-20(30)15-21(31)11-18)23-14-19(29(32,33)34)7-8-22(23)24-12-17(6-9-26(24)39-3)13-27(37)40-5-2/h6-12,14-15,25H,4-5,13,16H2,1-3H3,(H2,35,36,38). The molecule has 214 valence electrons. The third-order valence-corrected chi connectivity index (χ3v) is 6.05. The molecule has 3 aromatic rings. The number of alkyl halides is 3. The second-order valence-corrected chi connectivity index (χ2v) is 8.88. The summed E-state index contributed by atoms with van der Waals surface area (Å²) in [4.78, 5) is 24.7. The number of carbonyl (C=O) groups excluding carboxylic acids is 2. The molecule has 6 nitrogen and oxygen atoms in total. The van der Waals surface area contributed by atoms with E-state index in [4.69, 9.17) is 9.47 Å². The SMILES string of the molecule is CCOC(=O)Cc1ccc(OC)c(-c2ccc(C(F)(F)F)cc2C(CC)NC(=O)NCc2cc(F)cc(F)c2)c1. The normalized spacial score (nSPS) is 12.0. The molecule has 3 aromatic carbocycles. The lowest BCUT2D eigenvalue weighted by atomic mass is 9.90. The van der Waals surface area contributed by atoms with Crippen molar-refractivity contribution in [2.24, 2.45) is 0 Å². The Morgan fingerprint density at radius 2 is 1.60 bits per heavy atom. The quantitative estimate of drug-likeness (QED) is 0.212. The van der Waals surface area contributed by atoms with E-state index in [1.54, 1.807) is 32.0 Å². The highest BCUT2D eigenvalue weighted by molar-refractivity contribution is 5.79. The number of ether oxygens (including phenoxy) is 2. The van der Waals surface area contributed by atoms with Crippen LogP contribution in [0, 0.1) is 11.6 Å². The number of halogens is 5. The molecule has 0 aliphatic carbocycles. The maximum absolute atomic E-state index is 13.7. The molecule has 0 fully saturated rings. The fraction of sp³-hybridized carbons (Fsp3) is 0.310. The Kier molecular flexibility index (Phi) is 10.1. The second-order valence-electron chi connectivity index (χ2n) is 8.88. The van der Waals surface area contributed by atoms with Gasteiger partial charge in [0.1, 0.15) is 17.4 Å². The van der Waals surface area contributed by atoms with E-state index < -0.39 is 41.4 Å². The summed E-state index contributed by atoms with van der Waals surface area (Å²) in [6.07, 6.45) is -4.49. The van der Waals surface area contributed by atoms with Gasteiger partial charge < -0.3 is 20.1 Å². The summed E-state index contributed by atoms with van der Waals surface area (Å²) < 4.78 is 78.5. The first kappa shape index (κ1) is 30.4. The van der Waals surface area contributed by atoms with Crippen molar-refractivity contribution in [3.63, 3.8) is 0 Å². The van der Waals surface area contributed by atoms with Crippen LogP contribution in [0.2, 0.25) is 0 Å². The molecule has 0 radical (unpaired) electrons. The van der Waals surface area contributed by atoms with Crippen molar-refractivity contribution in [3.8, 4) is 16.9 Å². The summed E-state index contributed by atoms with van der Waals surface area (Å²) in [6, 6.07) is 9.25. The van der Waals surface area contributed by atoms with Gasteiger partial charge in [0, 0.05) is 18.2 Å². The van der Waals surface area contributed by atoms with Gasteiger partial charge in [0.2, 0.25) is 0 Å². The molecule has 0 saturated heterocycles. The van der Waals surface area contributed by atoms with Crippen LogP contribution >= 0.6 is 0 Å². The third kappa shape index (κ3) is 7.93. The number of nitrogens with one attached hydrogen (secondary N) is 2. The van der Waals surface area contributed by atoms with Crippen LogP contribution in [0.5, 0.6) is 5.75 Å². The van der Waals surface area contributed by atoms with E-state index in [1.807, 2.05) is 0 Å². The first-order chi connectivity index (χ1) is 18.9. The van der Waals surface area contributed by atoms with Crippen molar-refractivity contribution in [3.05, 3.63) is 88.5 Å². The van der Waals surface area contributed by atoms with E-state index >= 15 is 0 Å². The van der Waals surface area contributed by atoms with Crippen molar-refractivity contribution in [2.45, 2.75) is 45.5 Å². The van der Waals surface area contributed by atoms with Gasteiger partial charge in [0.25, 0.3) is 0 Å². The molecule has 0 bridgehead atoms. The predicted molar refractivity (Wildman–Crippen MR) is 139 cm³/mol. The number of hydrogen-bond acceptors (Lipinski definition) is 4. The smallest absolute Gasteiger partial charge is 0.416 e. The molecule has 1 atom stereocenters. The van der Waals surface area contributed by atoms with Gasteiger partial charge >= 0.3 is 18.2 Å². The number of hydrogen-bond donors (Lipinski definition) is 2. The van der Waals surface area contributed by atoms with Gasteiger partial charge in [-0.05, 0) is 72.0 Å². The van der Waals surface area contributed by atoms with Crippen LogP contribution < -0.4 is 15.4 Å². The van der Waals surface area contributed by atoms with Gasteiger partial charge in [0.05, 0.1) is 31.7 Å². The molecule has 0 saturated carbocycles. The minimum atomic E-state index is -4.65. The van der Waals surface area contributed by atoms with E-state index in [0.717, 1.165) is 24.3 Å². The Labute approximate surface area is 228 Å². The number of methoxy groups -OCH3 is 1. The molecule has 0 heterocycles. The van der Waals surface area contributed by atoms with Crippen molar-refractivity contribution in [1.29, 1.82) is 0 Å². The number of rotatable bonds is 10. The van der Waals surface area contributed by atoms with Crippen LogP contribution in [0.1, 0.15) is 48.6 Å². The van der Waals surface area contributed by atoms with Gasteiger partial charge in [-0.3, -0.25) is 4.79 Å². The van der Waals surface area contributed by atoms with E-state index in [9.17, 15) is 31.5 Å². The van der Waals surface area contributed by atoms with E-state index in [-0.39, 0.29) is 37.1 Å². The molecule has 2 amide bonds. The average molecular weight is 565 g/mol. The van der Waals surface area contributed by atoms with Gasteiger partial charge in [-0.2, -0.15) is 13.2 Å². The summed E-state index contributed by atoms with van der Waals surface area (Å²) in [6.45, 7) is 3.35. The lowest BCUT2D eigenvalue weighted by molar-refractivity contribution is -0.142. The number of carbonyl (C=O) groups is 2. The average Bonchev–Trinajstić information content (AvgIpc) is 2.89. The van der Waals surface area contributed by atoms with Gasteiger partial charge in [-0.25, -0.2) is 13.6 Å². The van der Waals surface area contributed by atoms with E-state index in [2.05, 4.69) is 10.6 Å². The summed E-state index contributed by atoms with van der Waals surface area (Å²) in [5, 5.41) is 5.13. The molecule has 0 spiro atoms. The highest BCUT2D eigenvalue weighted by Gasteiger charge is 2.32. The largest absolute Gasteiger partial charge is 0.496 e.